The van der Waals surface area contributed by atoms with Crippen LogP contribution in [0.15, 0.2) is 23.1 Å². The largest absolute Gasteiger partial charge is 0.490 e. The van der Waals surface area contributed by atoms with Gasteiger partial charge in [-0.3, -0.25) is 0 Å². The third-order valence-electron chi connectivity index (χ3n) is 3.97. The molecular formula is C15H22N2O4S. The zero-order chi connectivity index (χ0) is 15.6. The first-order chi connectivity index (χ1) is 10.5. The van der Waals surface area contributed by atoms with Crippen molar-refractivity contribution in [3.05, 3.63) is 18.2 Å². The molecular weight excluding hydrogens is 304 g/mol. The van der Waals surface area contributed by atoms with Gasteiger partial charge in [-0.05, 0) is 38.4 Å². The Labute approximate surface area is 131 Å². The van der Waals surface area contributed by atoms with Crippen LogP contribution >= 0.6 is 0 Å². The molecule has 6 nitrogen and oxygen atoms in total. The van der Waals surface area contributed by atoms with Gasteiger partial charge in [0.05, 0.1) is 18.1 Å². The first kappa shape index (κ1) is 15.6. The summed E-state index contributed by atoms with van der Waals surface area (Å²) in [6, 6.07) is 5.08. The Morgan fingerprint density at radius 1 is 1.23 bits per heavy atom. The van der Waals surface area contributed by atoms with E-state index in [9.17, 15) is 8.42 Å². The molecule has 2 N–H and O–H groups in total. The van der Waals surface area contributed by atoms with Gasteiger partial charge in [0.1, 0.15) is 0 Å². The highest BCUT2D eigenvalue weighted by Gasteiger charge is 2.25. The summed E-state index contributed by atoms with van der Waals surface area (Å²) in [7, 11) is -3.54. The van der Waals surface area contributed by atoms with E-state index < -0.39 is 10.0 Å². The van der Waals surface area contributed by atoms with Gasteiger partial charge in [0, 0.05) is 24.6 Å². The average Bonchev–Trinajstić information content (AvgIpc) is 2.71. The van der Waals surface area contributed by atoms with Gasteiger partial charge in [-0.1, -0.05) is 0 Å². The quantitative estimate of drug-likeness (QED) is 0.875. The highest BCUT2D eigenvalue weighted by atomic mass is 32.2. The van der Waals surface area contributed by atoms with Crippen LogP contribution < -0.4 is 19.5 Å². The molecule has 0 aliphatic carbocycles. The van der Waals surface area contributed by atoms with E-state index in [2.05, 4.69) is 17.0 Å². The fourth-order valence-corrected chi connectivity index (χ4v) is 4.14. The number of fused-ring (bicyclic) bond motifs is 1. The van der Waals surface area contributed by atoms with Gasteiger partial charge < -0.3 is 14.8 Å². The molecule has 0 amide bonds. The van der Waals surface area contributed by atoms with Crippen LogP contribution in [0.3, 0.4) is 0 Å². The van der Waals surface area contributed by atoms with Crippen LogP contribution in [0.1, 0.15) is 26.2 Å². The second kappa shape index (κ2) is 6.44. The zero-order valence-corrected chi connectivity index (χ0v) is 13.5. The lowest BCUT2D eigenvalue weighted by molar-refractivity contribution is 0.297. The maximum atomic E-state index is 12.6. The minimum atomic E-state index is -3.54. The zero-order valence-electron chi connectivity index (χ0n) is 12.7. The van der Waals surface area contributed by atoms with Crippen molar-refractivity contribution in [3.8, 4) is 11.5 Å². The highest BCUT2D eigenvalue weighted by molar-refractivity contribution is 7.89. The lowest BCUT2D eigenvalue weighted by Crippen LogP contribution is -2.46. The van der Waals surface area contributed by atoms with Gasteiger partial charge in [0.15, 0.2) is 11.5 Å². The van der Waals surface area contributed by atoms with Gasteiger partial charge >= 0.3 is 0 Å². The van der Waals surface area contributed by atoms with E-state index in [1.54, 1.807) is 18.2 Å². The smallest absolute Gasteiger partial charge is 0.240 e. The summed E-state index contributed by atoms with van der Waals surface area (Å²) < 4.78 is 39.0. The topological polar surface area (TPSA) is 76.7 Å². The molecule has 2 aliphatic heterocycles. The standard InChI is InChI=1S/C15H22N2O4S/c1-11-9-12(5-6-16-11)17-22(18,19)13-3-4-14-15(10-13)21-8-2-7-20-14/h3-4,10-12,16-17H,2,5-9H2,1H3. The molecule has 0 radical (unpaired) electrons. The SMILES string of the molecule is CC1CC(NS(=O)(=O)c2ccc3c(c2)OCCCO3)CCN1. The van der Waals surface area contributed by atoms with Crippen LogP contribution in [0.5, 0.6) is 11.5 Å². The molecule has 0 bridgehead atoms. The van der Waals surface area contributed by atoms with E-state index in [4.69, 9.17) is 9.47 Å². The van der Waals surface area contributed by atoms with Crippen molar-refractivity contribution in [2.45, 2.75) is 43.2 Å². The molecule has 1 saturated heterocycles. The van der Waals surface area contributed by atoms with Gasteiger partial charge in [0.2, 0.25) is 10.0 Å². The molecule has 2 atom stereocenters. The summed E-state index contributed by atoms with van der Waals surface area (Å²) >= 11 is 0. The Bertz CT molecular complexity index is 632. The molecule has 2 aliphatic rings. The summed E-state index contributed by atoms with van der Waals surface area (Å²) in [6.45, 7) is 4.02. The van der Waals surface area contributed by atoms with Crippen molar-refractivity contribution < 1.29 is 17.9 Å². The average molecular weight is 326 g/mol. The fourth-order valence-electron chi connectivity index (χ4n) is 2.84. The summed E-state index contributed by atoms with van der Waals surface area (Å²) in [5.74, 6) is 1.10. The molecule has 7 heteroatoms. The van der Waals surface area contributed by atoms with Crippen LogP contribution in [0.4, 0.5) is 0 Å². The second-order valence-corrected chi connectivity index (χ2v) is 7.57. The van der Waals surface area contributed by atoms with Crippen LogP contribution in [0, 0.1) is 0 Å². The third kappa shape index (κ3) is 3.53. The summed E-state index contributed by atoms with van der Waals surface area (Å²) in [5, 5.41) is 3.31. The molecule has 3 rings (SSSR count). The molecule has 0 saturated carbocycles. The van der Waals surface area contributed by atoms with Crippen LogP contribution in [0.25, 0.3) is 0 Å². The number of piperidine rings is 1. The van der Waals surface area contributed by atoms with Crippen LogP contribution in [0.2, 0.25) is 0 Å². The maximum absolute atomic E-state index is 12.6. The molecule has 1 aromatic carbocycles. The maximum Gasteiger partial charge on any atom is 0.240 e. The fraction of sp³-hybridized carbons (Fsp3) is 0.600. The van der Waals surface area contributed by atoms with Crippen LogP contribution in [-0.4, -0.2) is 40.3 Å². The first-order valence-corrected chi connectivity index (χ1v) is 9.18. The number of benzene rings is 1. The van der Waals surface area contributed by atoms with E-state index in [0.717, 1.165) is 25.8 Å². The van der Waals surface area contributed by atoms with Crippen molar-refractivity contribution in [2.75, 3.05) is 19.8 Å². The number of rotatable bonds is 3. The van der Waals surface area contributed by atoms with E-state index in [1.165, 1.54) is 0 Å². The predicted octanol–water partition coefficient (Wildman–Crippen LogP) is 1.27. The third-order valence-corrected chi connectivity index (χ3v) is 5.49. The molecule has 0 spiro atoms. The lowest BCUT2D eigenvalue weighted by Gasteiger charge is -2.28. The Morgan fingerprint density at radius 3 is 2.77 bits per heavy atom. The van der Waals surface area contributed by atoms with Crippen molar-refractivity contribution in [1.29, 1.82) is 0 Å². The Kier molecular flexibility index (Phi) is 4.56. The molecule has 2 heterocycles. The summed E-state index contributed by atoms with van der Waals surface area (Å²) in [4.78, 5) is 0.225. The van der Waals surface area contributed by atoms with E-state index in [1.807, 2.05) is 0 Å². The summed E-state index contributed by atoms with van der Waals surface area (Å²) in [5.41, 5.74) is 0. The van der Waals surface area contributed by atoms with E-state index in [0.29, 0.717) is 30.8 Å². The molecule has 2 unspecified atom stereocenters. The Morgan fingerprint density at radius 2 is 2.00 bits per heavy atom. The number of nitrogens with one attached hydrogen (secondary N) is 2. The molecule has 122 valence electrons. The van der Waals surface area contributed by atoms with E-state index >= 15 is 0 Å². The normalized spacial score (nSPS) is 25.5. The highest BCUT2D eigenvalue weighted by Crippen LogP contribution is 2.32. The van der Waals surface area contributed by atoms with Gasteiger partial charge in [-0.25, -0.2) is 13.1 Å². The molecule has 0 aromatic heterocycles. The van der Waals surface area contributed by atoms with E-state index in [-0.39, 0.29) is 10.9 Å². The molecule has 1 aromatic rings. The number of ether oxygens (including phenoxy) is 2. The monoisotopic (exact) mass is 326 g/mol. The van der Waals surface area contributed by atoms with Crippen LogP contribution in [-0.2, 0) is 10.0 Å². The van der Waals surface area contributed by atoms with Crippen molar-refractivity contribution in [2.24, 2.45) is 0 Å². The molecule has 1 fully saturated rings. The minimum Gasteiger partial charge on any atom is -0.490 e. The van der Waals surface area contributed by atoms with Crippen molar-refractivity contribution in [3.63, 3.8) is 0 Å². The number of hydrogen-bond acceptors (Lipinski definition) is 5. The van der Waals surface area contributed by atoms with Gasteiger partial charge in [-0.15, -0.1) is 0 Å². The predicted molar refractivity (Wildman–Crippen MR) is 82.9 cm³/mol. The second-order valence-electron chi connectivity index (χ2n) is 5.86. The van der Waals surface area contributed by atoms with Gasteiger partial charge in [0.25, 0.3) is 0 Å². The minimum absolute atomic E-state index is 0.0303. The number of sulfonamides is 1. The van der Waals surface area contributed by atoms with Crippen molar-refractivity contribution in [1.82, 2.24) is 10.0 Å². The Balaban J connectivity index is 1.78. The summed E-state index contributed by atoms with van der Waals surface area (Å²) in [6.07, 6.45) is 2.39. The van der Waals surface area contributed by atoms with Gasteiger partial charge in [-0.2, -0.15) is 0 Å². The number of hydrogen-bond donors (Lipinski definition) is 2. The Hall–Kier alpha value is -1.31. The lowest BCUT2D eigenvalue weighted by atomic mass is 10.0. The molecule has 22 heavy (non-hydrogen) atoms. The van der Waals surface area contributed by atoms with Crippen molar-refractivity contribution >= 4 is 10.0 Å². The first-order valence-electron chi connectivity index (χ1n) is 7.70.